The van der Waals surface area contributed by atoms with Crippen molar-refractivity contribution < 1.29 is 0 Å². The predicted molar refractivity (Wildman–Crippen MR) is 80.2 cm³/mol. The fourth-order valence-electron chi connectivity index (χ4n) is 4.34. The van der Waals surface area contributed by atoms with Gasteiger partial charge in [0.15, 0.2) is 0 Å². The molecule has 0 aromatic carbocycles. The molecule has 0 saturated heterocycles. The average molecular weight is 266 g/mol. The minimum absolute atomic E-state index is 0.431. The van der Waals surface area contributed by atoms with Crippen LogP contribution in [-0.4, -0.2) is 4.98 Å². The van der Waals surface area contributed by atoms with E-state index in [0.717, 1.165) is 29.8 Å². The highest BCUT2D eigenvalue weighted by Crippen LogP contribution is 2.55. The van der Waals surface area contributed by atoms with E-state index >= 15 is 0 Å². The molecule has 1 aromatic heterocycles. The van der Waals surface area contributed by atoms with Gasteiger partial charge in [-0.25, -0.2) is 0 Å². The van der Waals surface area contributed by atoms with Crippen LogP contribution in [0.2, 0.25) is 0 Å². The van der Waals surface area contributed by atoms with Gasteiger partial charge in [-0.1, -0.05) is 26.0 Å². The van der Waals surface area contributed by atoms with Crippen molar-refractivity contribution in [2.75, 3.05) is 0 Å². The molecule has 2 nitrogen and oxygen atoms in total. The van der Waals surface area contributed by atoms with Gasteiger partial charge in [-0.15, -0.1) is 0 Å². The summed E-state index contributed by atoms with van der Waals surface area (Å²) >= 11 is 0. The molecule has 0 radical (unpaired) electrons. The van der Waals surface area contributed by atoms with Gasteiger partial charge in [-0.05, 0) is 61.6 Å². The van der Waals surface area contributed by atoms with Gasteiger partial charge in [0.05, 0.1) is 6.07 Å². The van der Waals surface area contributed by atoms with Crippen LogP contribution < -0.4 is 0 Å². The highest BCUT2D eigenvalue weighted by Gasteiger charge is 2.52. The first-order chi connectivity index (χ1) is 9.53. The second kappa shape index (κ2) is 4.45. The molecule has 2 aliphatic carbocycles. The Bertz CT molecular complexity index is 623. The van der Waals surface area contributed by atoms with Crippen molar-refractivity contribution in [1.82, 2.24) is 4.98 Å². The number of nitriles is 1. The summed E-state index contributed by atoms with van der Waals surface area (Å²) < 4.78 is 0. The molecular formula is C18H22N2. The first kappa shape index (κ1) is 13.4. The molecule has 2 aliphatic rings. The van der Waals surface area contributed by atoms with Gasteiger partial charge in [-0.2, -0.15) is 5.26 Å². The van der Waals surface area contributed by atoms with Gasteiger partial charge >= 0.3 is 0 Å². The van der Waals surface area contributed by atoms with Crippen molar-refractivity contribution in [2.45, 2.75) is 46.0 Å². The molecule has 1 heterocycles. The molecule has 0 aliphatic heterocycles. The summed E-state index contributed by atoms with van der Waals surface area (Å²) in [5.74, 6) is 1.68. The molecule has 104 valence electrons. The third kappa shape index (κ3) is 1.59. The molecule has 2 bridgehead atoms. The number of hydrogen-bond acceptors (Lipinski definition) is 2. The van der Waals surface area contributed by atoms with Gasteiger partial charge in [-0.3, -0.25) is 4.98 Å². The second-order valence-corrected chi connectivity index (χ2v) is 6.56. The Hall–Kier alpha value is -1.62. The van der Waals surface area contributed by atoms with Crippen LogP contribution >= 0.6 is 0 Å². The fraction of sp³-hybridized carbons (Fsp3) is 0.556. The maximum atomic E-state index is 10.00. The number of fused-ring (bicyclic) bond motifs is 4. The second-order valence-electron chi connectivity index (χ2n) is 6.56. The van der Waals surface area contributed by atoms with Crippen LogP contribution in [0.5, 0.6) is 0 Å². The molecule has 0 spiro atoms. The molecule has 1 saturated carbocycles. The molecule has 3 rings (SSSR count). The first-order valence-electron chi connectivity index (χ1n) is 7.58. The standard InChI is InChI=1S/C18H22N2/c1-5-15-14-8-17-16(7-6-12(3)20-17)18(15,10-19)9-11(2)13(14)4/h5-7,11,13-14H,8-9H2,1-4H3/b15-5+/t11?,13-,14+,18+/m0/s1. The monoisotopic (exact) mass is 266 g/mol. The van der Waals surface area contributed by atoms with Gasteiger partial charge in [0, 0.05) is 11.4 Å². The van der Waals surface area contributed by atoms with Crippen molar-refractivity contribution in [3.05, 3.63) is 40.7 Å². The molecule has 1 unspecified atom stereocenters. The van der Waals surface area contributed by atoms with E-state index in [1.165, 1.54) is 5.57 Å². The molecule has 1 aromatic rings. The third-order valence-corrected chi connectivity index (χ3v) is 5.54. The van der Waals surface area contributed by atoms with Crippen molar-refractivity contribution >= 4 is 0 Å². The third-order valence-electron chi connectivity index (χ3n) is 5.54. The Morgan fingerprint density at radius 2 is 2.15 bits per heavy atom. The van der Waals surface area contributed by atoms with Crippen molar-refractivity contribution in [3.63, 3.8) is 0 Å². The molecule has 20 heavy (non-hydrogen) atoms. The van der Waals surface area contributed by atoms with E-state index in [1.54, 1.807) is 0 Å². The van der Waals surface area contributed by atoms with Crippen LogP contribution in [0.3, 0.4) is 0 Å². The van der Waals surface area contributed by atoms with Gasteiger partial charge < -0.3 is 0 Å². The first-order valence-corrected chi connectivity index (χ1v) is 7.58. The Morgan fingerprint density at radius 1 is 1.40 bits per heavy atom. The van der Waals surface area contributed by atoms with Crippen LogP contribution in [0, 0.1) is 36.0 Å². The summed E-state index contributed by atoms with van der Waals surface area (Å²) in [6.45, 7) is 8.75. The summed E-state index contributed by atoms with van der Waals surface area (Å²) in [6.07, 6.45) is 4.11. The smallest absolute Gasteiger partial charge is 0.105 e. The minimum atomic E-state index is -0.431. The van der Waals surface area contributed by atoms with E-state index in [1.807, 2.05) is 13.0 Å². The van der Waals surface area contributed by atoms with E-state index in [9.17, 15) is 5.26 Å². The van der Waals surface area contributed by atoms with E-state index in [-0.39, 0.29) is 0 Å². The number of rotatable bonds is 0. The summed E-state index contributed by atoms with van der Waals surface area (Å²) in [7, 11) is 0. The van der Waals surface area contributed by atoms with Crippen LogP contribution in [0.25, 0.3) is 0 Å². The van der Waals surface area contributed by atoms with Gasteiger partial charge in [0.1, 0.15) is 5.41 Å². The van der Waals surface area contributed by atoms with E-state index in [4.69, 9.17) is 4.98 Å². The summed E-state index contributed by atoms with van der Waals surface area (Å²) in [4.78, 5) is 4.74. The Kier molecular flexibility index (Phi) is 2.97. The topological polar surface area (TPSA) is 36.7 Å². The van der Waals surface area contributed by atoms with E-state index in [0.29, 0.717) is 17.8 Å². The Labute approximate surface area is 121 Å². The normalized spacial score (nSPS) is 37.4. The quantitative estimate of drug-likeness (QED) is 0.667. The average Bonchev–Trinajstić information content (AvgIpc) is 2.44. The van der Waals surface area contributed by atoms with E-state index < -0.39 is 5.41 Å². The summed E-state index contributed by atoms with van der Waals surface area (Å²) in [5, 5.41) is 10.00. The van der Waals surface area contributed by atoms with Gasteiger partial charge in [0.25, 0.3) is 0 Å². The molecular weight excluding hydrogens is 244 g/mol. The fourth-order valence-corrected chi connectivity index (χ4v) is 4.34. The lowest BCUT2D eigenvalue weighted by Crippen LogP contribution is -2.47. The molecule has 1 fully saturated rings. The molecule has 4 atom stereocenters. The van der Waals surface area contributed by atoms with E-state index in [2.05, 4.69) is 39.0 Å². The molecule has 0 amide bonds. The lowest BCUT2D eigenvalue weighted by Gasteiger charge is -2.50. The maximum absolute atomic E-state index is 10.00. The number of aryl methyl sites for hydroxylation is 1. The summed E-state index contributed by atoms with van der Waals surface area (Å²) in [5.41, 5.74) is 4.28. The highest BCUT2D eigenvalue weighted by atomic mass is 14.7. The predicted octanol–water partition coefficient (Wildman–Crippen LogP) is 3.95. The zero-order chi connectivity index (χ0) is 14.5. The van der Waals surface area contributed by atoms with Crippen molar-refractivity contribution in [2.24, 2.45) is 17.8 Å². The van der Waals surface area contributed by atoms with Gasteiger partial charge in [0.2, 0.25) is 0 Å². The molecule has 0 N–H and O–H groups in total. The molecule has 2 heteroatoms. The zero-order valence-corrected chi connectivity index (χ0v) is 12.8. The highest BCUT2D eigenvalue weighted by molar-refractivity contribution is 5.52. The number of aromatic nitrogens is 1. The Morgan fingerprint density at radius 3 is 2.80 bits per heavy atom. The van der Waals surface area contributed by atoms with Crippen LogP contribution in [0.1, 0.15) is 44.1 Å². The number of pyridine rings is 1. The summed E-state index contributed by atoms with van der Waals surface area (Å²) in [6, 6.07) is 6.86. The van der Waals surface area contributed by atoms with Crippen molar-refractivity contribution in [3.8, 4) is 6.07 Å². The Balaban J connectivity index is 2.28. The van der Waals surface area contributed by atoms with Crippen molar-refractivity contribution in [1.29, 1.82) is 5.26 Å². The maximum Gasteiger partial charge on any atom is 0.105 e. The lowest BCUT2D eigenvalue weighted by atomic mass is 9.52. The minimum Gasteiger partial charge on any atom is -0.258 e. The van der Waals surface area contributed by atoms with Crippen LogP contribution in [0.4, 0.5) is 0 Å². The lowest BCUT2D eigenvalue weighted by molar-refractivity contribution is 0.179. The van der Waals surface area contributed by atoms with Crippen LogP contribution in [0.15, 0.2) is 23.8 Å². The SMILES string of the molecule is C/C=C1\[C@@H]2Cc3nc(C)ccc3[C@@]1(C#N)CC(C)[C@@H]2C. The number of hydrogen-bond donors (Lipinski definition) is 0. The van der Waals surface area contributed by atoms with Crippen LogP contribution in [-0.2, 0) is 11.8 Å². The largest absolute Gasteiger partial charge is 0.258 e. The zero-order valence-electron chi connectivity index (χ0n) is 12.8. The number of nitrogens with zero attached hydrogens (tertiary/aromatic N) is 2. The number of allylic oxidation sites excluding steroid dienone is 2.